The number of hydrogen-bond acceptors (Lipinski definition) is 5. The van der Waals surface area contributed by atoms with E-state index in [4.69, 9.17) is 0 Å². The van der Waals surface area contributed by atoms with Gasteiger partial charge in [0.2, 0.25) is 5.91 Å². The van der Waals surface area contributed by atoms with Gasteiger partial charge in [-0.05, 0) is 12.1 Å². The molecule has 0 bridgehead atoms. The highest BCUT2D eigenvalue weighted by molar-refractivity contribution is 7.90. The van der Waals surface area contributed by atoms with Crippen LogP contribution in [0.2, 0.25) is 0 Å². The summed E-state index contributed by atoms with van der Waals surface area (Å²) >= 11 is 0. The second-order valence-corrected chi connectivity index (χ2v) is 5.85. The largest absolute Gasteiger partial charge is 0.274 e. The third kappa shape index (κ3) is 3.64. The Morgan fingerprint density at radius 2 is 2.00 bits per heavy atom. The zero-order chi connectivity index (χ0) is 14.6. The minimum absolute atomic E-state index is 0.0325. The Morgan fingerprint density at radius 1 is 1.30 bits per heavy atom. The lowest BCUT2D eigenvalue weighted by Gasteiger charge is -2.05. The van der Waals surface area contributed by atoms with Crippen molar-refractivity contribution in [1.82, 2.24) is 19.7 Å². The quantitative estimate of drug-likeness (QED) is 0.853. The predicted molar refractivity (Wildman–Crippen MR) is 71.1 cm³/mol. The summed E-state index contributed by atoms with van der Waals surface area (Å²) in [6.45, 7) is 0. The first-order chi connectivity index (χ1) is 9.47. The van der Waals surface area contributed by atoms with Crippen LogP contribution in [0, 0.1) is 0 Å². The molecule has 0 spiro atoms. The molecule has 1 aromatic heterocycles. The Kier molecular flexibility index (Phi) is 4.14. The molecule has 0 atom stereocenters. The summed E-state index contributed by atoms with van der Waals surface area (Å²) in [7, 11) is -2.13. The number of hydrogen-bond donors (Lipinski definition) is 1. The van der Waals surface area contributed by atoms with Crippen molar-refractivity contribution in [1.29, 1.82) is 0 Å². The first-order valence-corrected chi connectivity index (χ1v) is 7.41. The monoisotopic (exact) mass is 294 g/mol. The molecule has 0 fully saturated rings. The highest BCUT2D eigenvalue weighted by Gasteiger charge is 2.17. The summed E-state index contributed by atoms with van der Waals surface area (Å²) in [5.41, 5.74) is 0.639. The number of nitrogens with one attached hydrogen (secondary N) is 1. The van der Waals surface area contributed by atoms with Gasteiger partial charge >= 0.3 is 0 Å². The molecule has 0 aliphatic carbocycles. The fraction of sp³-hybridized carbons (Fsp3) is 0.250. The predicted octanol–water partition coefficient (Wildman–Crippen LogP) is 0.253. The Hall–Kier alpha value is -2.22. The fourth-order valence-electron chi connectivity index (χ4n) is 1.60. The highest BCUT2D eigenvalue weighted by atomic mass is 32.2. The van der Waals surface area contributed by atoms with Gasteiger partial charge in [0.1, 0.15) is 0 Å². The molecule has 0 saturated heterocycles. The maximum absolute atomic E-state index is 11.9. The Labute approximate surface area is 116 Å². The van der Waals surface area contributed by atoms with E-state index < -0.39 is 15.9 Å². The van der Waals surface area contributed by atoms with E-state index in [0.29, 0.717) is 12.1 Å². The molecule has 1 amide bonds. The molecule has 0 unspecified atom stereocenters. The van der Waals surface area contributed by atoms with Crippen LogP contribution in [0.15, 0.2) is 41.4 Å². The van der Waals surface area contributed by atoms with Crippen molar-refractivity contribution < 1.29 is 13.2 Å². The topological polar surface area (TPSA) is 94.0 Å². The van der Waals surface area contributed by atoms with Crippen LogP contribution in [0.25, 0.3) is 0 Å². The van der Waals surface area contributed by atoms with E-state index in [-0.39, 0.29) is 11.3 Å². The number of carbonyl (C=O) groups is 1. The molecule has 0 aliphatic rings. The molecule has 7 nitrogen and oxygen atoms in total. The molecule has 20 heavy (non-hydrogen) atoms. The third-order valence-corrected chi connectivity index (χ3v) is 3.95. The molecule has 0 saturated carbocycles. The molecule has 106 valence electrons. The first-order valence-electron chi connectivity index (χ1n) is 5.93. The standard InChI is InChI=1S/C12H14N4O3S/c1-16-13-9-10(14-16)7-8-12(17)15-20(18,19)11-5-3-2-4-6-11/h2-6,9H,7-8H2,1H3,(H,15,17). The molecule has 8 heteroatoms. The number of sulfonamides is 1. The van der Waals surface area contributed by atoms with Gasteiger partial charge in [0.05, 0.1) is 16.8 Å². The normalized spacial score (nSPS) is 11.2. The van der Waals surface area contributed by atoms with Gasteiger partial charge in [0, 0.05) is 19.9 Å². The maximum Gasteiger partial charge on any atom is 0.264 e. The van der Waals surface area contributed by atoms with Crippen molar-refractivity contribution in [3.8, 4) is 0 Å². The van der Waals surface area contributed by atoms with Gasteiger partial charge in [-0.25, -0.2) is 13.1 Å². The average molecular weight is 294 g/mol. The average Bonchev–Trinajstić information content (AvgIpc) is 2.83. The lowest BCUT2D eigenvalue weighted by atomic mass is 10.2. The van der Waals surface area contributed by atoms with Crippen LogP contribution in [0.4, 0.5) is 0 Å². The van der Waals surface area contributed by atoms with Crippen molar-refractivity contribution in [3.05, 3.63) is 42.2 Å². The smallest absolute Gasteiger partial charge is 0.264 e. The van der Waals surface area contributed by atoms with Crippen LogP contribution in [-0.4, -0.2) is 29.3 Å². The Morgan fingerprint density at radius 3 is 2.60 bits per heavy atom. The summed E-state index contributed by atoms with van der Waals surface area (Å²) < 4.78 is 25.8. The second-order valence-electron chi connectivity index (χ2n) is 4.17. The number of aryl methyl sites for hydroxylation is 2. The molecule has 1 N–H and O–H groups in total. The molecule has 2 rings (SSSR count). The van der Waals surface area contributed by atoms with E-state index in [2.05, 4.69) is 10.2 Å². The minimum atomic E-state index is -3.80. The van der Waals surface area contributed by atoms with Crippen molar-refractivity contribution in [2.45, 2.75) is 17.7 Å². The lowest BCUT2D eigenvalue weighted by Crippen LogP contribution is -2.30. The Balaban J connectivity index is 1.94. The number of carbonyl (C=O) groups excluding carboxylic acids is 1. The summed E-state index contributed by atoms with van der Waals surface area (Å²) in [5.74, 6) is -0.570. The molecule has 0 radical (unpaired) electrons. The van der Waals surface area contributed by atoms with Gasteiger partial charge < -0.3 is 0 Å². The molecule has 1 heterocycles. The van der Waals surface area contributed by atoms with E-state index in [1.54, 1.807) is 31.4 Å². The summed E-state index contributed by atoms with van der Waals surface area (Å²) in [6, 6.07) is 7.75. The molecule has 0 aliphatic heterocycles. The zero-order valence-electron chi connectivity index (χ0n) is 10.9. The summed E-state index contributed by atoms with van der Waals surface area (Å²) in [5, 5.41) is 7.89. The number of aromatic nitrogens is 3. The Bertz CT molecular complexity index is 695. The van der Waals surface area contributed by atoms with Crippen molar-refractivity contribution >= 4 is 15.9 Å². The highest BCUT2D eigenvalue weighted by Crippen LogP contribution is 2.07. The molecular formula is C12H14N4O3S. The number of amides is 1. The van der Waals surface area contributed by atoms with Gasteiger partial charge in [0.15, 0.2) is 0 Å². The summed E-state index contributed by atoms with van der Waals surface area (Å²) in [4.78, 5) is 13.1. The fourth-order valence-corrected chi connectivity index (χ4v) is 2.64. The van der Waals surface area contributed by atoms with Crippen LogP contribution in [0.5, 0.6) is 0 Å². The van der Waals surface area contributed by atoms with Crippen LogP contribution in [0.3, 0.4) is 0 Å². The van der Waals surface area contributed by atoms with E-state index in [1.165, 1.54) is 16.9 Å². The summed E-state index contributed by atoms with van der Waals surface area (Å²) in [6.07, 6.45) is 1.91. The second kappa shape index (κ2) is 5.83. The van der Waals surface area contributed by atoms with Crippen molar-refractivity contribution in [3.63, 3.8) is 0 Å². The molecule has 1 aromatic carbocycles. The van der Waals surface area contributed by atoms with E-state index in [0.717, 1.165) is 0 Å². The van der Waals surface area contributed by atoms with Gasteiger partial charge in [-0.15, -0.1) is 0 Å². The van der Waals surface area contributed by atoms with E-state index in [1.807, 2.05) is 4.72 Å². The van der Waals surface area contributed by atoms with Crippen LogP contribution in [0.1, 0.15) is 12.1 Å². The SMILES string of the molecule is Cn1ncc(CCC(=O)NS(=O)(=O)c2ccccc2)n1. The third-order valence-electron chi connectivity index (χ3n) is 2.56. The number of benzene rings is 1. The van der Waals surface area contributed by atoms with Crippen molar-refractivity contribution in [2.24, 2.45) is 7.05 Å². The minimum Gasteiger partial charge on any atom is -0.274 e. The molecule has 2 aromatic rings. The van der Waals surface area contributed by atoms with Gasteiger partial charge in [-0.2, -0.15) is 15.0 Å². The van der Waals surface area contributed by atoms with Gasteiger partial charge in [-0.1, -0.05) is 18.2 Å². The van der Waals surface area contributed by atoms with Crippen LogP contribution < -0.4 is 4.72 Å². The number of rotatable bonds is 5. The first kappa shape index (κ1) is 14.2. The van der Waals surface area contributed by atoms with Gasteiger partial charge in [0.25, 0.3) is 10.0 Å². The van der Waals surface area contributed by atoms with Crippen LogP contribution >= 0.6 is 0 Å². The maximum atomic E-state index is 11.9. The molecular weight excluding hydrogens is 280 g/mol. The lowest BCUT2D eigenvalue weighted by molar-refractivity contribution is -0.119. The van der Waals surface area contributed by atoms with Crippen LogP contribution in [-0.2, 0) is 28.3 Å². The van der Waals surface area contributed by atoms with E-state index in [9.17, 15) is 13.2 Å². The van der Waals surface area contributed by atoms with E-state index >= 15 is 0 Å². The van der Waals surface area contributed by atoms with Gasteiger partial charge in [-0.3, -0.25) is 4.79 Å². The van der Waals surface area contributed by atoms with Crippen molar-refractivity contribution in [2.75, 3.05) is 0 Å². The zero-order valence-corrected chi connectivity index (χ0v) is 11.7. The number of nitrogens with zero attached hydrogens (tertiary/aromatic N) is 3.